The van der Waals surface area contributed by atoms with Gasteiger partial charge in [-0.2, -0.15) is 18.3 Å². The Labute approximate surface area is 143 Å². The quantitative estimate of drug-likeness (QED) is 0.685. The van der Waals surface area contributed by atoms with E-state index >= 15 is 0 Å². The van der Waals surface area contributed by atoms with Crippen LogP contribution in [0.4, 0.5) is 23.7 Å². The summed E-state index contributed by atoms with van der Waals surface area (Å²) in [5, 5.41) is 5.54. The molecule has 0 unspecified atom stereocenters. The molecular formula is C17H10F3N3O3. The number of carbonyl (C=O) groups is 1. The molecule has 2 amide bonds. The van der Waals surface area contributed by atoms with E-state index < -0.39 is 34.0 Å². The molecule has 0 saturated carbocycles. The molecule has 3 aromatic rings. The van der Waals surface area contributed by atoms with Gasteiger partial charge in [-0.05, 0) is 18.2 Å². The Morgan fingerprint density at radius 3 is 2.12 bits per heavy atom. The van der Waals surface area contributed by atoms with E-state index in [9.17, 15) is 27.6 Å². The highest BCUT2D eigenvalue weighted by molar-refractivity contribution is 5.89. The molecule has 0 aliphatic rings. The van der Waals surface area contributed by atoms with Crippen molar-refractivity contribution in [2.24, 2.45) is 5.10 Å². The van der Waals surface area contributed by atoms with Crippen molar-refractivity contribution in [3.8, 4) is 0 Å². The lowest BCUT2D eigenvalue weighted by Gasteiger charge is -2.09. The van der Waals surface area contributed by atoms with Gasteiger partial charge < -0.3 is 5.32 Å². The van der Waals surface area contributed by atoms with Crippen molar-refractivity contribution >= 4 is 22.5 Å². The molecule has 6 nitrogen and oxygen atoms in total. The van der Waals surface area contributed by atoms with E-state index in [0.29, 0.717) is 0 Å². The minimum atomic E-state index is -4.55. The topological polar surface area (TPSA) is 87.6 Å². The third kappa shape index (κ3) is 3.32. The molecule has 3 rings (SSSR count). The van der Waals surface area contributed by atoms with Gasteiger partial charge in [0, 0.05) is 16.5 Å². The van der Waals surface area contributed by atoms with E-state index in [1.54, 1.807) is 12.1 Å². The van der Waals surface area contributed by atoms with Crippen LogP contribution < -0.4 is 27.0 Å². The zero-order valence-corrected chi connectivity index (χ0v) is 12.9. The molecular weight excluding hydrogens is 351 g/mol. The SMILES string of the molecule is O=C(NN=c1c(=O)c2ccccc2c1=O)Nc1cccc(C(F)(F)F)c1. The van der Waals surface area contributed by atoms with E-state index in [2.05, 4.69) is 10.4 Å². The number of hydrogen-bond acceptors (Lipinski definition) is 4. The van der Waals surface area contributed by atoms with Gasteiger partial charge in [0.2, 0.25) is 10.9 Å². The number of nitrogens with zero attached hydrogens (tertiary/aromatic N) is 1. The number of carbonyl (C=O) groups excluding carboxylic acids is 1. The molecule has 0 spiro atoms. The third-order valence-corrected chi connectivity index (χ3v) is 3.56. The Balaban J connectivity index is 1.83. The average Bonchev–Trinajstić information content (AvgIpc) is 2.84. The second-order valence-electron chi connectivity index (χ2n) is 5.31. The molecule has 0 bridgehead atoms. The summed E-state index contributed by atoms with van der Waals surface area (Å²) in [7, 11) is 0. The van der Waals surface area contributed by atoms with Gasteiger partial charge in [0.25, 0.3) is 0 Å². The lowest BCUT2D eigenvalue weighted by atomic mass is 10.2. The Bertz CT molecular complexity index is 1100. The first kappa shape index (κ1) is 17.3. The number of benzene rings is 2. The molecule has 0 aromatic heterocycles. The Hall–Kier alpha value is -3.49. The van der Waals surface area contributed by atoms with Gasteiger partial charge in [0.05, 0.1) is 5.56 Å². The van der Waals surface area contributed by atoms with Crippen LogP contribution in [-0.4, -0.2) is 6.03 Å². The summed E-state index contributed by atoms with van der Waals surface area (Å²) in [6.45, 7) is 0. The minimum absolute atomic E-state index is 0.120. The van der Waals surface area contributed by atoms with Crippen molar-refractivity contribution in [2.75, 3.05) is 5.32 Å². The summed E-state index contributed by atoms with van der Waals surface area (Å²) in [5.74, 6) is 0. The summed E-state index contributed by atoms with van der Waals surface area (Å²) in [6.07, 6.45) is -4.55. The van der Waals surface area contributed by atoms with Crippen LogP contribution in [-0.2, 0) is 6.18 Å². The highest BCUT2D eigenvalue weighted by Gasteiger charge is 2.30. The highest BCUT2D eigenvalue weighted by atomic mass is 19.4. The van der Waals surface area contributed by atoms with Gasteiger partial charge in [0.1, 0.15) is 0 Å². The largest absolute Gasteiger partial charge is 0.416 e. The second-order valence-corrected chi connectivity index (χ2v) is 5.31. The van der Waals surface area contributed by atoms with E-state index in [-0.39, 0.29) is 16.5 Å². The molecule has 0 aliphatic heterocycles. The van der Waals surface area contributed by atoms with Gasteiger partial charge in [-0.15, -0.1) is 0 Å². The zero-order chi connectivity index (χ0) is 18.9. The fourth-order valence-electron chi connectivity index (χ4n) is 2.38. The summed E-state index contributed by atoms with van der Waals surface area (Å²) in [4.78, 5) is 36.0. The minimum Gasteiger partial charge on any atom is -0.307 e. The molecule has 3 aromatic carbocycles. The summed E-state index contributed by atoms with van der Waals surface area (Å²) in [6, 6.07) is 9.08. The lowest BCUT2D eigenvalue weighted by molar-refractivity contribution is -0.137. The van der Waals surface area contributed by atoms with Crippen LogP contribution in [0, 0.1) is 0 Å². The average molecular weight is 361 g/mol. The van der Waals surface area contributed by atoms with Crippen molar-refractivity contribution in [2.45, 2.75) is 6.18 Å². The van der Waals surface area contributed by atoms with Crippen molar-refractivity contribution in [1.29, 1.82) is 0 Å². The van der Waals surface area contributed by atoms with Crippen molar-refractivity contribution in [3.63, 3.8) is 0 Å². The molecule has 2 N–H and O–H groups in total. The molecule has 132 valence electrons. The first-order chi connectivity index (χ1) is 12.3. The summed E-state index contributed by atoms with van der Waals surface area (Å²) >= 11 is 0. The van der Waals surface area contributed by atoms with Crippen LogP contribution in [0.15, 0.2) is 63.2 Å². The van der Waals surface area contributed by atoms with Crippen LogP contribution in [0.3, 0.4) is 0 Å². The van der Waals surface area contributed by atoms with Gasteiger partial charge in [-0.1, -0.05) is 30.3 Å². The van der Waals surface area contributed by atoms with E-state index in [1.165, 1.54) is 18.2 Å². The number of fused-ring (bicyclic) bond motifs is 1. The first-order valence-corrected chi connectivity index (χ1v) is 7.28. The predicted molar refractivity (Wildman–Crippen MR) is 88.0 cm³/mol. The smallest absolute Gasteiger partial charge is 0.307 e. The maximum absolute atomic E-state index is 12.6. The summed E-state index contributed by atoms with van der Waals surface area (Å²) < 4.78 is 37.9. The van der Waals surface area contributed by atoms with Gasteiger partial charge in [-0.3, -0.25) is 9.59 Å². The van der Waals surface area contributed by atoms with Gasteiger partial charge in [-0.25, -0.2) is 10.2 Å². The molecule has 0 atom stereocenters. The normalized spacial score (nSPS) is 11.3. The van der Waals surface area contributed by atoms with Crippen molar-refractivity contribution in [1.82, 2.24) is 5.43 Å². The van der Waals surface area contributed by atoms with E-state index in [4.69, 9.17) is 0 Å². The van der Waals surface area contributed by atoms with Crippen LogP contribution in [0.25, 0.3) is 10.8 Å². The molecule has 0 saturated heterocycles. The van der Waals surface area contributed by atoms with Gasteiger partial charge in [0.15, 0.2) is 5.36 Å². The predicted octanol–water partition coefficient (Wildman–Crippen LogP) is 2.09. The molecule has 9 heteroatoms. The standard InChI is InChI=1S/C17H10F3N3O3/c18-17(19,20)9-4-3-5-10(8-9)21-16(26)23-22-13-14(24)11-6-1-2-7-12(11)15(13)25/h1-8H,(H2,21,23,26). The Morgan fingerprint density at radius 2 is 1.54 bits per heavy atom. The number of rotatable bonds is 2. The number of nitrogens with one attached hydrogen (secondary N) is 2. The number of halogens is 3. The third-order valence-electron chi connectivity index (χ3n) is 3.56. The van der Waals surface area contributed by atoms with E-state index in [0.717, 1.165) is 18.2 Å². The molecule has 26 heavy (non-hydrogen) atoms. The molecule has 0 aliphatic carbocycles. The van der Waals surface area contributed by atoms with Gasteiger partial charge >= 0.3 is 12.2 Å². The number of alkyl halides is 3. The number of amides is 2. The second kappa shape index (κ2) is 6.43. The zero-order valence-electron chi connectivity index (χ0n) is 12.9. The monoisotopic (exact) mass is 361 g/mol. The number of anilines is 1. The Kier molecular flexibility index (Phi) is 4.29. The summed E-state index contributed by atoms with van der Waals surface area (Å²) in [5.41, 5.74) is -0.379. The van der Waals surface area contributed by atoms with Crippen molar-refractivity contribution in [3.05, 3.63) is 79.9 Å². The molecule has 0 heterocycles. The maximum Gasteiger partial charge on any atom is 0.416 e. The van der Waals surface area contributed by atoms with Crippen LogP contribution in [0.5, 0.6) is 0 Å². The number of urea groups is 1. The van der Waals surface area contributed by atoms with Crippen LogP contribution >= 0.6 is 0 Å². The van der Waals surface area contributed by atoms with Crippen molar-refractivity contribution < 1.29 is 18.0 Å². The maximum atomic E-state index is 12.6. The molecule has 0 radical (unpaired) electrons. The van der Waals surface area contributed by atoms with Crippen LogP contribution in [0.2, 0.25) is 0 Å². The fraction of sp³-hybridized carbons (Fsp3) is 0.0588. The highest BCUT2D eigenvalue weighted by Crippen LogP contribution is 2.30. The first-order valence-electron chi connectivity index (χ1n) is 7.28. The Morgan fingerprint density at radius 1 is 0.923 bits per heavy atom. The fourth-order valence-corrected chi connectivity index (χ4v) is 2.38. The lowest BCUT2D eigenvalue weighted by Crippen LogP contribution is -2.36. The van der Waals surface area contributed by atoms with E-state index in [1.807, 2.05) is 5.43 Å². The molecule has 0 fully saturated rings. The van der Waals surface area contributed by atoms with Crippen LogP contribution in [0.1, 0.15) is 5.56 Å². The number of hydrogen-bond donors (Lipinski definition) is 2.